The number of rotatable bonds is 4. The van der Waals surface area contributed by atoms with Gasteiger partial charge in [-0.25, -0.2) is 9.97 Å². The summed E-state index contributed by atoms with van der Waals surface area (Å²) in [6.07, 6.45) is 5.46. The van der Waals surface area contributed by atoms with Crippen LogP contribution in [-0.4, -0.2) is 20.5 Å². The molecule has 0 bridgehead atoms. The topological polar surface area (TPSA) is 50.7 Å². The van der Waals surface area contributed by atoms with Crippen LogP contribution in [0.5, 0.6) is 0 Å². The quantitative estimate of drug-likeness (QED) is 0.877. The summed E-state index contributed by atoms with van der Waals surface area (Å²) in [4.78, 5) is 12.9. The van der Waals surface area contributed by atoms with Crippen molar-refractivity contribution in [3.05, 3.63) is 24.5 Å². The highest BCUT2D eigenvalue weighted by molar-refractivity contribution is 5.71. The minimum atomic E-state index is 0.0862. The molecule has 2 aromatic heterocycles. The fourth-order valence-electron chi connectivity index (χ4n) is 1.66. The van der Waals surface area contributed by atoms with Crippen molar-refractivity contribution < 1.29 is 0 Å². The lowest BCUT2D eigenvalue weighted by molar-refractivity contribution is 0.477. The van der Waals surface area contributed by atoms with Crippen LogP contribution in [-0.2, 0) is 0 Å². The Morgan fingerprint density at radius 2 is 1.82 bits per heavy atom. The van der Waals surface area contributed by atoms with Crippen LogP contribution in [0.15, 0.2) is 24.5 Å². The second-order valence-electron chi connectivity index (χ2n) is 4.49. The number of nitrogens with one attached hydrogen (secondary N) is 1. The number of pyridine rings is 1. The van der Waals surface area contributed by atoms with Crippen LogP contribution in [0.2, 0.25) is 0 Å². The third-order valence-electron chi connectivity index (χ3n) is 3.32. The van der Waals surface area contributed by atoms with Gasteiger partial charge in [0.1, 0.15) is 11.3 Å². The van der Waals surface area contributed by atoms with E-state index >= 15 is 0 Å². The smallest absolute Gasteiger partial charge is 0.180 e. The van der Waals surface area contributed by atoms with E-state index in [0.717, 1.165) is 24.2 Å². The van der Waals surface area contributed by atoms with Gasteiger partial charge in [-0.2, -0.15) is 0 Å². The summed E-state index contributed by atoms with van der Waals surface area (Å²) in [6.45, 7) is 6.56. The predicted molar refractivity (Wildman–Crippen MR) is 69.9 cm³/mol. The Kier molecular flexibility index (Phi) is 3.22. The highest BCUT2D eigenvalue weighted by Crippen LogP contribution is 2.21. The molecule has 0 aliphatic carbocycles. The summed E-state index contributed by atoms with van der Waals surface area (Å²) in [5.41, 5.74) is 1.60. The third kappa shape index (κ3) is 2.52. The van der Waals surface area contributed by atoms with Gasteiger partial charge in [-0.3, -0.25) is 4.98 Å². The number of hydrogen-bond donors (Lipinski definition) is 1. The largest absolute Gasteiger partial charge is 0.365 e. The van der Waals surface area contributed by atoms with Gasteiger partial charge in [-0.15, -0.1) is 0 Å². The van der Waals surface area contributed by atoms with E-state index in [1.165, 1.54) is 0 Å². The molecule has 0 saturated heterocycles. The number of aromatic nitrogens is 3. The molecule has 0 atom stereocenters. The molecule has 2 rings (SSSR count). The Hall–Kier alpha value is -1.71. The van der Waals surface area contributed by atoms with Crippen LogP contribution >= 0.6 is 0 Å². The Labute approximate surface area is 102 Å². The van der Waals surface area contributed by atoms with E-state index in [1.807, 2.05) is 12.1 Å². The highest BCUT2D eigenvalue weighted by Gasteiger charge is 2.19. The first kappa shape index (κ1) is 11.8. The molecule has 0 aliphatic rings. The molecule has 2 aromatic rings. The lowest BCUT2D eigenvalue weighted by Crippen LogP contribution is -2.33. The molecule has 0 fully saturated rings. The SMILES string of the molecule is CCC(C)(CC)Nc1ccc2nccnc2n1. The zero-order valence-corrected chi connectivity index (χ0v) is 10.6. The molecule has 0 saturated carbocycles. The van der Waals surface area contributed by atoms with Gasteiger partial charge in [-0.05, 0) is 31.9 Å². The molecule has 0 unspecified atom stereocenters. The minimum Gasteiger partial charge on any atom is -0.365 e. The summed E-state index contributed by atoms with van der Waals surface area (Å²) in [5.74, 6) is 0.865. The average Bonchev–Trinajstić information content (AvgIpc) is 2.38. The van der Waals surface area contributed by atoms with Crippen molar-refractivity contribution in [3.63, 3.8) is 0 Å². The van der Waals surface area contributed by atoms with E-state index in [1.54, 1.807) is 12.4 Å². The Balaban J connectivity index is 2.31. The van der Waals surface area contributed by atoms with Gasteiger partial charge in [0.15, 0.2) is 5.65 Å². The van der Waals surface area contributed by atoms with Gasteiger partial charge >= 0.3 is 0 Å². The Bertz CT molecular complexity index is 506. The van der Waals surface area contributed by atoms with Crippen LogP contribution in [0.3, 0.4) is 0 Å². The lowest BCUT2D eigenvalue weighted by Gasteiger charge is -2.28. The summed E-state index contributed by atoms with van der Waals surface area (Å²) < 4.78 is 0. The summed E-state index contributed by atoms with van der Waals surface area (Å²) in [7, 11) is 0. The fraction of sp³-hybridized carbons (Fsp3) is 0.462. The van der Waals surface area contributed by atoms with Gasteiger partial charge < -0.3 is 5.32 Å². The molecule has 4 heteroatoms. The molecule has 1 N–H and O–H groups in total. The molecule has 0 aliphatic heterocycles. The molecule has 0 spiro atoms. The second kappa shape index (κ2) is 4.65. The van der Waals surface area contributed by atoms with E-state index in [4.69, 9.17) is 0 Å². The monoisotopic (exact) mass is 230 g/mol. The standard InChI is InChI=1S/C13H18N4/c1-4-13(3,5-2)17-11-7-6-10-12(16-11)15-9-8-14-10/h6-9H,4-5H2,1-3H3,(H,15,16,17). The molecule has 2 heterocycles. The van der Waals surface area contributed by atoms with Crippen LogP contribution < -0.4 is 5.32 Å². The Morgan fingerprint density at radius 1 is 1.12 bits per heavy atom. The molecule has 17 heavy (non-hydrogen) atoms. The first-order chi connectivity index (χ1) is 8.17. The first-order valence-electron chi connectivity index (χ1n) is 6.03. The van der Waals surface area contributed by atoms with Gasteiger partial charge in [0.25, 0.3) is 0 Å². The maximum atomic E-state index is 4.47. The fourth-order valence-corrected chi connectivity index (χ4v) is 1.66. The van der Waals surface area contributed by atoms with Gasteiger partial charge in [0, 0.05) is 17.9 Å². The van der Waals surface area contributed by atoms with Crippen molar-refractivity contribution in [2.24, 2.45) is 0 Å². The summed E-state index contributed by atoms with van der Waals surface area (Å²) >= 11 is 0. The minimum absolute atomic E-state index is 0.0862. The van der Waals surface area contributed by atoms with Crippen molar-refractivity contribution in [1.29, 1.82) is 0 Å². The van der Waals surface area contributed by atoms with Crippen molar-refractivity contribution in [3.8, 4) is 0 Å². The molecular formula is C13H18N4. The van der Waals surface area contributed by atoms with Crippen molar-refractivity contribution in [1.82, 2.24) is 15.0 Å². The number of nitrogens with zero attached hydrogens (tertiary/aromatic N) is 3. The second-order valence-corrected chi connectivity index (χ2v) is 4.49. The van der Waals surface area contributed by atoms with E-state index in [0.29, 0.717) is 5.65 Å². The van der Waals surface area contributed by atoms with Gasteiger partial charge in [-0.1, -0.05) is 13.8 Å². The maximum absolute atomic E-state index is 4.47. The molecule has 0 amide bonds. The number of fused-ring (bicyclic) bond motifs is 1. The Morgan fingerprint density at radius 3 is 2.53 bits per heavy atom. The van der Waals surface area contributed by atoms with E-state index in [-0.39, 0.29) is 5.54 Å². The maximum Gasteiger partial charge on any atom is 0.180 e. The van der Waals surface area contributed by atoms with Gasteiger partial charge in [0.2, 0.25) is 0 Å². The predicted octanol–water partition coefficient (Wildman–Crippen LogP) is 3.02. The molecule has 90 valence electrons. The highest BCUT2D eigenvalue weighted by atomic mass is 15.1. The first-order valence-corrected chi connectivity index (χ1v) is 6.03. The summed E-state index contributed by atoms with van der Waals surface area (Å²) in [5, 5.41) is 3.47. The van der Waals surface area contributed by atoms with Crippen LogP contribution in [0.25, 0.3) is 11.2 Å². The number of hydrogen-bond acceptors (Lipinski definition) is 4. The summed E-state index contributed by atoms with van der Waals surface area (Å²) in [6, 6.07) is 3.91. The molecule has 0 aromatic carbocycles. The zero-order valence-electron chi connectivity index (χ0n) is 10.6. The van der Waals surface area contributed by atoms with Crippen LogP contribution in [0.1, 0.15) is 33.6 Å². The number of anilines is 1. The third-order valence-corrected chi connectivity index (χ3v) is 3.32. The van der Waals surface area contributed by atoms with Crippen molar-refractivity contribution in [2.45, 2.75) is 39.2 Å². The van der Waals surface area contributed by atoms with E-state index in [9.17, 15) is 0 Å². The van der Waals surface area contributed by atoms with E-state index in [2.05, 4.69) is 41.0 Å². The van der Waals surface area contributed by atoms with Crippen molar-refractivity contribution >= 4 is 17.0 Å². The van der Waals surface area contributed by atoms with E-state index < -0.39 is 0 Å². The van der Waals surface area contributed by atoms with Gasteiger partial charge in [0.05, 0.1) is 0 Å². The molecular weight excluding hydrogens is 212 g/mol. The zero-order chi connectivity index (χ0) is 12.3. The average molecular weight is 230 g/mol. The van der Waals surface area contributed by atoms with Crippen LogP contribution in [0.4, 0.5) is 5.82 Å². The van der Waals surface area contributed by atoms with Crippen molar-refractivity contribution in [2.75, 3.05) is 5.32 Å². The molecule has 0 radical (unpaired) electrons. The normalized spacial score (nSPS) is 11.7. The molecule has 4 nitrogen and oxygen atoms in total. The van der Waals surface area contributed by atoms with Crippen LogP contribution in [0, 0.1) is 0 Å². The lowest BCUT2D eigenvalue weighted by atomic mass is 9.96.